The first-order chi connectivity index (χ1) is 10.5. The van der Waals surface area contributed by atoms with Crippen LogP contribution in [0.2, 0.25) is 13.1 Å². The molecule has 9 heteroatoms. The number of hydrogen-bond acceptors (Lipinski definition) is 6. The number of ether oxygens (including phenoxy) is 4. The van der Waals surface area contributed by atoms with E-state index in [9.17, 15) is 0 Å². The molecule has 0 unspecified atom stereocenters. The Hall–Kier alpha value is -0.833. The van der Waals surface area contributed by atoms with Gasteiger partial charge < -0.3 is 23.8 Å². The van der Waals surface area contributed by atoms with Crippen LogP contribution in [0.1, 0.15) is 34.6 Å². The van der Waals surface area contributed by atoms with Gasteiger partial charge in [0.2, 0.25) is 5.41 Å². The molecule has 0 spiro atoms. The molecule has 2 heterocycles. The van der Waals surface area contributed by atoms with Crippen LogP contribution in [-0.2, 0) is 23.8 Å². The Morgan fingerprint density at radius 2 is 1.87 bits per heavy atom. The minimum atomic E-state index is -1.60. The maximum atomic E-state index is 8.64. The lowest BCUT2D eigenvalue weighted by Crippen LogP contribution is -2.54. The second-order valence-electron chi connectivity index (χ2n) is 7.74. The lowest BCUT2D eigenvalue weighted by Gasteiger charge is -2.35. The maximum Gasteiger partial charge on any atom is 0.223 e. The van der Waals surface area contributed by atoms with Crippen molar-refractivity contribution in [2.75, 3.05) is 6.61 Å². The predicted octanol–water partition coefficient (Wildman–Crippen LogP) is 2.68. The van der Waals surface area contributed by atoms with Crippen molar-refractivity contribution in [1.82, 2.24) is 0 Å². The van der Waals surface area contributed by atoms with Crippen LogP contribution in [-0.4, -0.2) is 50.5 Å². The molecule has 0 saturated carbocycles. The molecule has 8 nitrogen and oxygen atoms in total. The Balaban J connectivity index is 2.28. The smallest absolute Gasteiger partial charge is 0.223 e. The van der Waals surface area contributed by atoms with Crippen molar-refractivity contribution < 1.29 is 23.8 Å². The summed E-state index contributed by atoms with van der Waals surface area (Å²) in [5.41, 5.74) is 7.29. The highest BCUT2D eigenvalue weighted by Crippen LogP contribution is 2.46. The van der Waals surface area contributed by atoms with E-state index in [0.29, 0.717) is 6.61 Å². The zero-order valence-corrected chi connectivity index (χ0v) is 16.1. The van der Waals surface area contributed by atoms with Crippen LogP contribution in [0, 0.1) is 0 Å². The molecule has 23 heavy (non-hydrogen) atoms. The summed E-state index contributed by atoms with van der Waals surface area (Å²) in [4.78, 5) is 8.16. The molecule has 132 valence electrons. The van der Waals surface area contributed by atoms with E-state index in [0.717, 1.165) is 0 Å². The number of nitrogens with zero attached hydrogens (tertiary/aromatic N) is 3. The number of fused-ring (bicyclic) bond motifs is 1. The van der Waals surface area contributed by atoms with Crippen molar-refractivity contribution in [1.29, 1.82) is 0 Å². The van der Waals surface area contributed by atoms with E-state index in [4.69, 9.17) is 29.3 Å². The molecule has 0 bridgehead atoms. The van der Waals surface area contributed by atoms with Gasteiger partial charge in [-0.3, -0.25) is 0 Å². The van der Waals surface area contributed by atoms with Gasteiger partial charge in [0, 0.05) is 4.91 Å². The summed E-state index contributed by atoms with van der Waals surface area (Å²) < 4.78 is 24.1. The summed E-state index contributed by atoms with van der Waals surface area (Å²) in [6.45, 7) is 14.1. The summed E-state index contributed by atoms with van der Waals surface area (Å²) >= 11 is 0. The Labute approximate surface area is 138 Å². The van der Waals surface area contributed by atoms with Crippen LogP contribution in [0.5, 0.6) is 0 Å². The third-order valence-electron chi connectivity index (χ3n) is 3.93. The normalized spacial score (nSPS) is 35.9. The molecule has 0 aliphatic carbocycles. The summed E-state index contributed by atoms with van der Waals surface area (Å²) in [5, 5.41) is 3.31. The maximum absolute atomic E-state index is 8.64. The van der Waals surface area contributed by atoms with Crippen LogP contribution in [0.15, 0.2) is 5.28 Å². The molecule has 2 saturated heterocycles. The van der Waals surface area contributed by atoms with Crippen molar-refractivity contribution in [2.24, 2.45) is 5.28 Å². The standard InChI is InChI=1S/C14H27N3O5Si/c1-12(2,3)18-8-9-10-11(21-13(4,5)20-10)14(19-9,23(6)7)22-17-16-15/h9-11,23H,8H2,1-7H3/t9-,10-,11-,14+/m0/s1. The quantitative estimate of drug-likeness (QED) is 0.251. The van der Waals surface area contributed by atoms with Gasteiger partial charge in [-0.1, -0.05) is 13.1 Å². The molecule has 2 aliphatic rings. The molecular formula is C14H27N3O5Si. The minimum absolute atomic E-state index is 0.292. The topological polar surface area (TPSA) is 94.9 Å². The van der Waals surface area contributed by atoms with Gasteiger partial charge in [-0.05, 0) is 40.1 Å². The third-order valence-corrected chi connectivity index (χ3v) is 6.11. The molecule has 2 fully saturated rings. The highest BCUT2D eigenvalue weighted by atomic mass is 28.3. The first kappa shape index (κ1) is 18.5. The van der Waals surface area contributed by atoms with Gasteiger partial charge in [0.05, 0.1) is 12.2 Å². The fraction of sp³-hybridized carbons (Fsp3) is 1.00. The SMILES string of the molecule is C[SiH](C)[C@@]1(ON=[N+]=[N-])O[C@@H](COC(C)(C)C)[C@@H]2OC(C)(C)O[C@@H]21. The molecule has 2 rings (SSSR count). The van der Waals surface area contributed by atoms with E-state index in [1.54, 1.807) is 0 Å². The first-order valence-corrected chi connectivity index (χ1v) is 10.8. The summed E-state index contributed by atoms with van der Waals surface area (Å²) in [6, 6.07) is 0. The van der Waals surface area contributed by atoms with Crippen LogP contribution < -0.4 is 0 Å². The lowest BCUT2D eigenvalue weighted by molar-refractivity contribution is -0.264. The predicted molar refractivity (Wildman–Crippen MR) is 86.2 cm³/mol. The van der Waals surface area contributed by atoms with Gasteiger partial charge in [0.25, 0.3) is 0 Å². The minimum Gasteiger partial charge on any atom is -0.402 e. The van der Waals surface area contributed by atoms with E-state index in [-0.39, 0.29) is 17.8 Å². The Bertz CT molecular complexity index is 489. The van der Waals surface area contributed by atoms with E-state index in [1.807, 2.05) is 34.6 Å². The third kappa shape index (κ3) is 3.81. The average molecular weight is 345 g/mol. The molecule has 0 aromatic carbocycles. The van der Waals surface area contributed by atoms with E-state index in [2.05, 4.69) is 23.3 Å². The average Bonchev–Trinajstić information content (AvgIpc) is 2.86. The second kappa shape index (κ2) is 6.23. The van der Waals surface area contributed by atoms with Crippen molar-refractivity contribution >= 4 is 8.80 Å². The van der Waals surface area contributed by atoms with Gasteiger partial charge in [-0.25, -0.2) is 0 Å². The van der Waals surface area contributed by atoms with Gasteiger partial charge in [-0.2, -0.15) is 0 Å². The summed E-state index contributed by atoms with van der Waals surface area (Å²) in [5.74, 6) is -0.743. The number of azide groups is 1. The zero-order valence-electron chi connectivity index (χ0n) is 14.9. The van der Waals surface area contributed by atoms with Crippen molar-refractivity contribution in [3.63, 3.8) is 0 Å². The van der Waals surface area contributed by atoms with Crippen molar-refractivity contribution in [3.05, 3.63) is 10.4 Å². The van der Waals surface area contributed by atoms with Crippen molar-refractivity contribution in [3.8, 4) is 0 Å². The summed E-state index contributed by atoms with van der Waals surface area (Å²) in [7, 11) is -1.60. The van der Waals surface area contributed by atoms with Crippen LogP contribution >= 0.6 is 0 Å². The Morgan fingerprint density at radius 3 is 2.39 bits per heavy atom. The van der Waals surface area contributed by atoms with E-state index >= 15 is 0 Å². The molecule has 4 atom stereocenters. The number of hydrogen-bond donors (Lipinski definition) is 0. The number of rotatable bonds is 5. The lowest BCUT2D eigenvalue weighted by atomic mass is 10.1. The fourth-order valence-corrected chi connectivity index (χ4v) is 4.55. The molecule has 0 aromatic heterocycles. The first-order valence-electron chi connectivity index (χ1n) is 7.91. The van der Waals surface area contributed by atoms with Gasteiger partial charge in [-0.15, -0.1) is 0 Å². The molecule has 0 amide bonds. The van der Waals surface area contributed by atoms with Crippen LogP contribution in [0.3, 0.4) is 0 Å². The highest BCUT2D eigenvalue weighted by Gasteiger charge is 2.66. The van der Waals surface area contributed by atoms with Gasteiger partial charge in [0.1, 0.15) is 26.3 Å². The molecule has 0 aromatic rings. The molecule has 0 radical (unpaired) electrons. The molecule has 2 aliphatic heterocycles. The highest BCUT2D eigenvalue weighted by molar-refractivity contribution is 6.59. The molecule has 0 N–H and O–H groups in total. The monoisotopic (exact) mass is 345 g/mol. The fourth-order valence-electron chi connectivity index (χ4n) is 2.93. The van der Waals surface area contributed by atoms with Crippen molar-refractivity contribution in [2.45, 2.75) is 82.8 Å². The van der Waals surface area contributed by atoms with Crippen LogP contribution in [0.25, 0.3) is 10.4 Å². The zero-order chi connectivity index (χ0) is 17.5. The largest absolute Gasteiger partial charge is 0.402 e. The molecular weight excluding hydrogens is 318 g/mol. The van der Waals surface area contributed by atoms with E-state index < -0.39 is 26.1 Å². The Morgan fingerprint density at radius 1 is 1.22 bits per heavy atom. The Kier molecular flexibility index (Phi) is 5.01. The summed E-state index contributed by atoms with van der Waals surface area (Å²) in [6.07, 6.45) is -1.11. The van der Waals surface area contributed by atoms with Gasteiger partial charge in [0.15, 0.2) is 11.9 Å². The van der Waals surface area contributed by atoms with Gasteiger partial charge >= 0.3 is 0 Å². The van der Waals surface area contributed by atoms with E-state index in [1.165, 1.54) is 0 Å². The van der Waals surface area contributed by atoms with Crippen LogP contribution in [0.4, 0.5) is 0 Å². The second-order valence-corrected chi connectivity index (χ2v) is 10.9.